The molecule has 4 heterocycles. The van der Waals surface area contributed by atoms with Crippen LogP contribution in [0.1, 0.15) is 155 Å². The summed E-state index contributed by atoms with van der Waals surface area (Å²) in [6.07, 6.45) is 25.2. The van der Waals surface area contributed by atoms with Gasteiger partial charge in [-0.1, -0.05) is 316 Å². The highest BCUT2D eigenvalue weighted by Gasteiger charge is 2.38. The van der Waals surface area contributed by atoms with E-state index in [1.165, 1.54) is 89.9 Å². The molecule has 0 radical (unpaired) electrons. The second-order valence-corrected chi connectivity index (χ2v) is 27.1. The number of para-hydroxylation sites is 4. The first-order valence-electron chi connectivity index (χ1n) is 36.9. The molecule has 10 nitrogen and oxygen atoms in total. The van der Waals surface area contributed by atoms with Gasteiger partial charge in [-0.25, -0.2) is 9.97 Å². The summed E-state index contributed by atoms with van der Waals surface area (Å²) < 4.78 is 18.9. The Kier molecular flexibility index (Phi) is 24.3. The Morgan fingerprint density at radius 2 is 0.750 bits per heavy atom. The number of hydrogen-bond donors (Lipinski definition) is 0. The summed E-state index contributed by atoms with van der Waals surface area (Å²) >= 11 is 0. The predicted octanol–water partition coefficient (Wildman–Crippen LogP) is 17.5. The molecule has 0 fully saturated rings. The van der Waals surface area contributed by atoms with Crippen molar-refractivity contribution >= 4 is 79.5 Å². The maximum Gasteiger partial charge on any atom is 0.328 e. The van der Waals surface area contributed by atoms with Gasteiger partial charge in [-0.3, -0.25) is 9.97 Å². The van der Waals surface area contributed by atoms with Gasteiger partial charge in [0.05, 0.1) is 58.4 Å². The van der Waals surface area contributed by atoms with Gasteiger partial charge in [0.15, 0.2) is 0 Å². The van der Waals surface area contributed by atoms with E-state index in [0.717, 1.165) is 86.6 Å². The summed E-state index contributed by atoms with van der Waals surface area (Å²) in [5.74, 6) is 2.14. The molecule has 0 spiro atoms. The minimum absolute atomic E-state index is 0.296. The molecule has 12 heteroatoms. The van der Waals surface area contributed by atoms with Crippen molar-refractivity contribution in [2.45, 2.75) is 143 Å². The third kappa shape index (κ3) is 16.4. The molecule has 0 aliphatic carbocycles. The minimum Gasteiger partial charge on any atom is -0.493 e. The summed E-state index contributed by atoms with van der Waals surface area (Å²) in [5, 5.41) is 28.0. The molecule has 502 valence electrons. The number of unbranched alkanes of at least 4 members (excludes halogenated alkanes) is 12. The number of aromatic nitrogens is 6. The largest absolute Gasteiger partial charge is 0.493 e. The number of rotatable bonds is 34. The maximum absolute atomic E-state index is 12.7. The van der Waals surface area contributed by atoms with Gasteiger partial charge in [0.2, 0.25) is 0 Å². The van der Waals surface area contributed by atoms with Gasteiger partial charge in [0, 0.05) is 33.3 Å². The molecular formula is C88H92B2N8O2. The molecule has 0 amide bonds. The molecule has 12 aromatic rings. The highest BCUT2D eigenvalue weighted by molar-refractivity contribution is 6.85. The van der Waals surface area contributed by atoms with E-state index in [-0.39, 0.29) is 0 Å². The van der Waals surface area contributed by atoms with E-state index < -0.39 is 13.7 Å². The molecule has 0 aliphatic heterocycles. The van der Waals surface area contributed by atoms with Gasteiger partial charge in [-0.15, -0.1) is 0 Å². The van der Waals surface area contributed by atoms with Crippen LogP contribution in [0.4, 0.5) is 0 Å². The van der Waals surface area contributed by atoms with Gasteiger partial charge < -0.3 is 18.4 Å². The molecule has 0 aliphatic rings. The van der Waals surface area contributed by atoms with Crippen LogP contribution in [0.3, 0.4) is 0 Å². The zero-order valence-corrected chi connectivity index (χ0v) is 58.8. The number of nitriles is 2. The van der Waals surface area contributed by atoms with Crippen molar-refractivity contribution in [3.63, 3.8) is 0 Å². The molecule has 12 rings (SSSR count). The highest BCUT2D eigenvalue weighted by Crippen LogP contribution is 2.39. The quantitative estimate of drug-likeness (QED) is 0.0288. The highest BCUT2D eigenvalue weighted by atomic mass is 16.5. The van der Waals surface area contributed by atoms with Crippen molar-refractivity contribution in [2.24, 2.45) is 11.8 Å². The van der Waals surface area contributed by atoms with Gasteiger partial charge in [0.1, 0.15) is 46.2 Å². The van der Waals surface area contributed by atoms with Crippen LogP contribution in [0, 0.1) is 34.5 Å². The van der Waals surface area contributed by atoms with Gasteiger partial charge in [-0.2, -0.15) is 10.5 Å². The first-order valence-corrected chi connectivity index (χ1v) is 36.9. The minimum atomic E-state index is -0.594. The summed E-state index contributed by atoms with van der Waals surface area (Å²) in [5.41, 5.74) is 11.2. The Morgan fingerprint density at radius 1 is 0.400 bits per heavy atom. The molecule has 0 N–H and O–H groups in total. The molecule has 2 unspecified atom stereocenters. The Labute approximate surface area is 592 Å². The molecule has 4 aromatic heterocycles. The van der Waals surface area contributed by atoms with E-state index in [1.807, 2.05) is 66.7 Å². The summed E-state index contributed by atoms with van der Waals surface area (Å²) in [4.78, 5) is 21.0. The van der Waals surface area contributed by atoms with E-state index in [9.17, 15) is 10.5 Å². The van der Waals surface area contributed by atoms with Crippen molar-refractivity contribution in [1.82, 2.24) is 28.9 Å². The SMILES string of the molecule is CCCCCCCCCC(CCCCCC)COc1cccc(-c2c3/c(=C(\C#N)c4cnc5ccccc5n4)n(B(c4ccccc4)c4ccccc4)c(-c4cccc(OCC(C)CCCCCC)c4)c3/c(=C(\C#N)c3cnc4ccccc4n3)n2B(c2ccccc2)c2ccccc2)c1. The standard InChI is InChI=1S/C88H92B2N8O2/c1-5-8-11-14-15-16-23-40-66(39-22-13-10-7-3)64-100-74-52-37-42-68(58-74)86-84-83(87(75(59-91)81-61-93-77-53-32-34-55-79(77)95-81)98(86)90(71-47-28-19-29-48-71)72-49-30-20-31-50-72)85(67-41-36-51-73(57-67)99-63-65(4)38-21-12-9-6-2)97(89(69-43-24-17-25-44-69)70-45-26-18-27-46-70)88(84)76(60-92)82-62-94-78-54-33-35-56-80(78)96-82/h17-20,24-37,41-58,61-62,65-66H,5-16,21-23,38-40,63-64H2,1-4H3/b87-75-,88-76-. The lowest BCUT2D eigenvalue weighted by Crippen LogP contribution is -2.54. The van der Waals surface area contributed by atoms with Crippen LogP contribution in [0.5, 0.6) is 11.5 Å². The molecule has 0 saturated heterocycles. The van der Waals surface area contributed by atoms with Crippen LogP contribution in [-0.2, 0) is 0 Å². The second kappa shape index (κ2) is 35.0. The maximum atomic E-state index is 12.7. The Bertz CT molecular complexity index is 4690. The molecule has 100 heavy (non-hydrogen) atoms. The van der Waals surface area contributed by atoms with Crippen LogP contribution in [0.2, 0.25) is 0 Å². The number of hydrogen-bond acceptors (Lipinski definition) is 8. The molecule has 0 bridgehead atoms. The topological polar surface area (TPSA) is 127 Å². The van der Waals surface area contributed by atoms with E-state index in [2.05, 4.69) is 200 Å². The first-order chi connectivity index (χ1) is 49.4. The molecular weight excluding hydrogens is 1220 g/mol. The fraction of sp³-hybridized carbons (Fsp3) is 0.295. The van der Waals surface area contributed by atoms with Crippen molar-refractivity contribution in [2.75, 3.05) is 13.2 Å². The summed E-state index contributed by atoms with van der Waals surface area (Å²) in [6, 6.07) is 80.6. The zero-order valence-electron chi connectivity index (χ0n) is 58.8. The van der Waals surface area contributed by atoms with Gasteiger partial charge >= 0.3 is 13.7 Å². The fourth-order valence-corrected chi connectivity index (χ4v) is 14.6. The Morgan fingerprint density at radius 3 is 1.15 bits per heavy atom. The van der Waals surface area contributed by atoms with Crippen molar-refractivity contribution < 1.29 is 9.47 Å². The second-order valence-electron chi connectivity index (χ2n) is 27.1. The number of fused-ring (bicyclic) bond motifs is 3. The lowest BCUT2D eigenvalue weighted by molar-refractivity contribution is 0.224. The van der Waals surface area contributed by atoms with Crippen molar-refractivity contribution in [3.8, 4) is 46.2 Å². The van der Waals surface area contributed by atoms with Crippen molar-refractivity contribution in [3.05, 3.63) is 253 Å². The van der Waals surface area contributed by atoms with Crippen LogP contribution in [-0.4, -0.2) is 55.8 Å². The van der Waals surface area contributed by atoms with Crippen molar-refractivity contribution in [1.29, 1.82) is 10.5 Å². The van der Waals surface area contributed by atoms with E-state index in [4.69, 9.17) is 29.4 Å². The smallest absolute Gasteiger partial charge is 0.328 e. The number of nitrogens with zero attached hydrogens (tertiary/aromatic N) is 8. The average molecular weight is 1320 g/mol. The monoisotopic (exact) mass is 1310 g/mol. The molecule has 8 aromatic carbocycles. The molecule has 2 atom stereocenters. The number of ether oxygens (including phenoxy) is 2. The van der Waals surface area contributed by atoms with Gasteiger partial charge in [-0.05, 0) is 79.6 Å². The third-order valence-electron chi connectivity index (χ3n) is 19.7. The summed E-state index contributed by atoms with van der Waals surface area (Å²) in [7, 11) is 0. The lowest BCUT2D eigenvalue weighted by Gasteiger charge is -2.24. The van der Waals surface area contributed by atoms with Crippen LogP contribution < -0.4 is 42.0 Å². The van der Waals surface area contributed by atoms with E-state index in [0.29, 0.717) is 86.1 Å². The molecule has 0 saturated carbocycles. The van der Waals surface area contributed by atoms with Crippen LogP contribution >= 0.6 is 0 Å². The van der Waals surface area contributed by atoms with E-state index >= 15 is 0 Å². The Hall–Kier alpha value is -10.3. The van der Waals surface area contributed by atoms with E-state index in [1.54, 1.807) is 12.4 Å². The lowest BCUT2D eigenvalue weighted by atomic mass is 9.50. The fourth-order valence-electron chi connectivity index (χ4n) is 14.6. The third-order valence-corrected chi connectivity index (χ3v) is 19.7. The summed E-state index contributed by atoms with van der Waals surface area (Å²) in [6.45, 7) is 9.03. The number of benzene rings is 8. The average Bonchev–Trinajstić information content (AvgIpc) is 1.52. The van der Waals surface area contributed by atoms with Gasteiger partial charge in [0.25, 0.3) is 0 Å². The van der Waals surface area contributed by atoms with Crippen LogP contribution in [0.15, 0.2) is 231 Å². The predicted molar refractivity (Wildman–Crippen MR) is 416 cm³/mol. The zero-order chi connectivity index (χ0) is 68.8. The Balaban J connectivity index is 1.26. The first kappa shape index (κ1) is 69.6. The normalized spacial score (nSPS) is 12.6. The van der Waals surface area contributed by atoms with Crippen LogP contribution in [0.25, 0.3) is 66.5 Å².